The van der Waals surface area contributed by atoms with Gasteiger partial charge in [-0.15, -0.1) is 6.58 Å². The monoisotopic (exact) mass is 277 g/mol. The largest absolute Gasteiger partial charge is 0.452 e. The van der Waals surface area contributed by atoms with Crippen LogP contribution >= 0.6 is 0 Å². The lowest BCUT2D eigenvalue weighted by Gasteiger charge is -2.06. The molecule has 0 atom stereocenters. The molecule has 0 unspecified atom stereocenters. The maximum Gasteiger partial charge on any atom is 0.338 e. The van der Waals surface area contributed by atoms with Gasteiger partial charge in [0.15, 0.2) is 6.61 Å². The van der Waals surface area contributed by atoms with Crippen molar-refractivity contribution in [3.05, 3.63) is 42.5 Å². The van der Waals surface area contributed by atoms with Crippen LogP contribution in [0, 0.1) is 0 Å². The van der Waals surface area contributed by atoms with Crippen LogP contribution in [0.25, 0.3) is 0 Å². The minimum atomic E-state index is -0.727. The first-order valence-electron chi connectivity index (χ1n) is 5.74. The third kappa shape index (κ3) is 5.21. The van der Waals surface area contributed by atoms with Crippen molar-refractivity contribution in [2.24, 2.45) is 0 Å². The van der Waals surface area contributed by atoms with E-state index in [0.717, 1.165) is 0 Å². The van der Waals surface area contributed by atoms with Gasteiger partial charge in [0.1, 0.15) is 0 Å². The number of benzene rings is 1. The Kier molecular flexibility index (Phi) is 5.76. The minimum Gasteiger partial charge on any atom is -0.452 e. The Morgan fingerprint density at radius 2 is 1.90 bits per heavy atom. The van der Waals surface area contributed by atoms with Crippen molar-refractivity contribution in [2.45, 2.75) is 0 Å². The molecule has 7 nitrogen and oxygen atoms in total. The fourth-order valence-electron chi connectivity index (χ4n) is 1.21. The standard InChI is InChI=1S/C13H15N3O4/c1-2-7-15-13(19)16-11(17)8-20-12(18)9-3-5-10(14)6-4-9/h2-6H,1,7-8,14H2,(H2,15,16,17,19). The van der Waals surface area contributed by atoms with E-state index in [0.29, 0.717) is 5.69 Å². The zero-order valence-electron chi connectivity index (χ0n) is 10.7. The SMILES string of the molecule is C=CCNC(=O)NC(=O)COC(=O)c1ccc(N)cc1. The number of urea groups is 1. The van der Waals surface area contributed by atoms with Crippen molar-refractivity contribution >= 4 is 23.6 Å². The molecule has 0 spiro atoms. The number of amides is 3. The van der Waals surface area contributed by atoms with Gasteiger partial charge in [-0.1, -0.05) is 6.08 Å². The minimum absolute atomic E-state index is 0.227. The molecule has 1 aromatic carbocycles. The third-order valence-electron chi connectivity index (χ3n) is 2.14. The van der Waals surface area contributed by atoms with Gasteiger partial charge >= 0.3 is 12.0 Å². The number of hydrogen-bond donors (Lipinski definition) is 3. The number of nitrogens with one attached hydrogen (secondary N) is 2. The van der Waals surface area contributed by atoms with Crippen molar-refractivity contribution in [1.29, 1.82) is 0 Å². The Balaban J connectivity index is 2.37. The molecule has 20 heavy (non-hydrogen) atoms. The average molecular weight is 277 g/mol. The second kappa shape index (κ2) is 7.57. The maximum atomic E-state index is 11.6. The summed E-state index contributed by atoms with van der Waals surface area (Å²) in [5.74, 6) is -1.40. The molecule has 0 aromatic heterocycles. The second-order valence-electron chi connectivity index (χ2n) is 3.75. The first kappa shape index (κ1) is 15.2. The molecule has 3 amide bonds. The van der Waals surface area contributed by atoms with Gasteiger partial charge in [-0.3, -0.25) is 10.1 Å². The molecular weight excluding hydrogens is 262 g/mol. The molecule has 0 saturated heterocycles. The van der Waals surface area contributed by atoms with E-state index < -0.39 is 24.5 Å². The summed E-state index contributed by atoms with van der Waals surface area (Å²) in [5, 5.41) is 4.34. The summed E-state index contributed by atoms with van der Waals surface area (Å²) >= 11 is 0. The number of carbonyl (C=O) groups is 3. The van der Waals surface area contributed by atoms with E-state index >= 15 is 0 Å². The highest BCUT2D eigenvalue weighted by Gasteiger charge is 2.11. The molecule has 0 aliphatic rings. The van der Waals surface area contributed by atoms with Crippen molar-refractivity contribution in [3.63, 3.8) is 0 Å². The number of rotatable bonds is 5. The van der Waals surface area contributed by atoms with Gasteiger partial charge in [-0.25, -0.2) is 9.59 Å². The van der Waals surface area contributed by atoms with Crippen LogP contribution in [0.4, 0.5) is 10.5 Å². The highest BCUT2D eigenvalue weighted by molar-refractivity contribution is 5.97. The highest BCUT2D eigenvalue weighted by atomic mass is 16.5. The molecule has 0 radical (unpaired) electrons. The van der Waals surface area contributed by atoms with Crippen LogP contribution in [0.15, 0.2) is 36.9 Å². The number of anilines is 1. The smallest absolute Gasteiger partial charge is 0.338 e. The van der Waals surface area contributed by atoms with Gasteiger partial charge in [0.2, 0.25) is 0 Å². The van der Waals surface area contributed by atoms with E-state index in [-0.39, 0.29) is 12.1 Å². The lowest BCUT2D eigenvalue weighted by Crippen LogP contribution is -2.41. The molecule has 1 rings (SSSR count). The quantitative estimate of drug-likeness (QED) is 0.411. The van der Waals surface area contributed by atoms with Gasteiger partial charge in [-0.05, 0) is 24.3 Å². The van der Waals surface area contributed by atoms with Crippen molar-refractivity contribution in [3.8, 4) is 0 Å². The molecule has 7 heteroatoms. The van der Waals surface area contributed by atoms with E-state index in [4.69, 9.17) is 10.5 Å². The summed E-state index contributed by atoms with van der Waals surface area (Å²) in [6.45, 7) is 3.08. The number of hydrogen-bond acceptors (Lipinski definition) is 5. The zero-order valence-corrected chi connectivity index (χ0v) is 10.7. The molecular formula is C13H15N3O4. The van der Waals surface area contributed by atoms with Crippen LogP contribution in [-0.4, -0.2) is 31.1 Å². The predicted octanol–water partition coefficient (Wildman–Crippen LogP) is 0.437. The second-order valence-corrected chi connectivity index (χ2v) is 3.75. The van der Waals surface area contributed by atoms with Gasteiger partial charge in [0, 0.05) is 12.2 Å². The average Bonchev–Trinajstić information content (AvgIpc) is 2.43. The number of carbonyl (C=O) groups excluding carboxylic acids is 3. The van der Waals surface area contributed by atoms with Gasteiger partial charge in [0.25, 0.3) is 5.91 Å². The van der Waals surface area contributed by atoms with E-state index in [1.165, 1.54) is 18.2 Å². The molecule has 0 bridgehead atoms. The molecule has 0 aliphatic carbocycles. The Morgan fingerprint density at radius 1 is 1.25 bits per heavy atom. The van der Waals surface area contributed by atoms with Crippen LogP contribution < -0.4 is 16.4 Å². The lowest BCUT2D eigenvalue weighted by molar-refractivity contribution is -0.123. The normalized spacial score (nSPS) is 9.40. The Labute approximate surface area is 115 Å². The Bertz CT molecular complexity index is 511. The van der Waals surface area contributed by atoms with E-state index in [1.54, 1.807) is 12.1 Å². The lowest BCUT2D eigenvalue weighted by atomic mass is 10.2. The predicted molar refractivity (Wildman–Crippen MR) is 72.9 cm³/mol. The van der Waals surface area contributed by atoms with Crippen LogP contribution in [0.2, 0.25) is 0 Å². The molecule has 1 aromatic rings. The number of ether oxygens (including phenoxy) is 1. The Morgan fingerprint density at radius 3 is 2.50 bits per heavy atom. The maximum absolute atomic E-state index is 11.6. The summed E-state index contributed by atoms with van der Waals surface area (Å²) in [7, 11) is 0. The summed E-state index contributed by atoms with van der Waals surface area (Å²) < 4.78 is 4.74. The fraction of sp³-hybridized carbons (Fsp3) is 0.154. The number of esters is 1. The Hall–Kier alpha value is -2.83. The van der Waals surface area contributed by atoms with Gasteiger partial charge in [-0.2, -0.15) is 0 Å². The molecule has 0 aliphatic heterocycles. The summed E-state index contributed by atoms with van der Waals surface area (Å²) in [6, 6.07) is 5.36. The summed E-state index contributed by atoms with van der Waals surface area (Å²) in [6.07, 6.45) is 1.46. The summed E-state index contributed by atoms with van der Waals surface area (Å²) in [5.41, 5.74) is 6.26. The molecule has 4 N–H and O–H groups in total. The molecule has 0 heterocycles. The van der Waals surface area contributed by atoms with Crippen LogP contribution in [0.5, 0.6) is 0 Å². The number of nitrogen functional groups attached to an aromatic ring is 1. The first-order chi connectivity index (χ1) is 9.52. The van der Waals surface area contributed by atoms with Crippen LogP contribution in [0.1, 0.15) is 10.4 Å². The number of nitrogens with two attached hydrogens (primary N) is 1. The van der Waals surface area contributed by atoms with Crippen molar-refractivity contribution in [1.82, 2.24) is 10.6 Å². The highest BCUT2D eigenvalue weighted by Crippen LogP contribution is 2.06. The van der Waals surface area contributed by atoms with Crippen LogP contribution in [0.3, 0.4) is 0 Å². The topological polar surface area (TPSA) is 111 Å². The van der Waals surface area contributed by atoms with Crippen molar-refractivity contribution < 1.29 is 19.1 Å². The zero-order chi connectivity index (χ0) is 15.0. The van der Waals surface area contributed by atoms with E-state index in [1.807, 2.05) is 5.32 Å². The first-order valence-corrected chi connectivity index (χ1v) is 5.74. The van der Waals surface area contributed by atoms with Gasteiger partial charge in [0.05, 0.1) is 5.56 Å². The third-order valence-corrected chi connectivity index (χ3v) is 2.14. The molecule has 0 saturated carbocycles. The molecule has 0 fully saturated rings. The van der Waals surface area contributed by atoms with E-state index in [9.17, 15) is 14.4 Å². The summed E-state index contributed by atoms with van der Waals surface area (Å²) in [4.78, 5) is 34.0. The van der Waals surface area contributed by atoms with Crippen LogP contribution in [-0.2, 0) is 9.53 Å². The molecule has 106 valence electrons. The number of imide groups is 1. The van der Waals surface area contributed by atoms with Crippen molar-refractivity contribution in [2.75, 3.05) is 18.9 Å². The fourth-order valence-corrected chi connectivity index (χ4v) is 1.21. The van der Waals surface area contributed by atoms with E-state index in [2.05, 4.69) is 11.9 Å². The van der Waals surface area contributed by atoms with Gasteiger partial charge < -0.3 is 15.8 Å².